The lowest BCUT2D eigenvalue weighted by Gasteiger charge is -2.12. The van der Waals surface area contributed by atoms with Crippen LogP contribution < -0.4 is 20.1 Å². The van der Waals surface area contributed by atoms with Crippen molar-refractivity contribution in [1.29, 1.82) is 0 Å². The summed E-state index contributed by atoms with van der Waals surface area (Å²) in [6.45, 7) is 0.548. The van der Waals surface area contributed by atoms with Crippen LogP contribution in [0, 0.1) is 5.82 Å². The van der Waals surface area contributed by atoms with Gasteiger partial charge in [0.05, 0.1) is 19.9 Å². The van der Waals surface area contributed by atoms with Crippen molar-refractivity contribution >= 4 is 24.0 Å². The van der Waals surface area contributed by atoms with Crippen LogP contribution in [0.15, 0.2) is 12.1 Å². The van der Waals surface area contributed by atoms with E-state index in [9.17, 15) is 9.18 Å². The van der Waals surface area contributed by atoms with Crippen LogP contribution in [0.1, 0.15) is 6.42 Å². The summed E-state index contributed by atoms with van der Waals surface area (Å²) in [7, 11) is 4.56. The summed E-state index contributed by atoms with van der Waals surface area (Å²) >= 11 is 0. The van der Waals surface area contributed by atoms with E-state index in [0.29, 0.717) is 18.7 Å². The predicted octanol–water partition coefficient (Wildman–Crippen LogP) is 1.81. The molecule has 0 unspecified atom stereocenters. The van der Waals surface area contributed by atoms with E-state index in [1.54, 1.807) is 7.05 Å². The molecule has 7 heteroatoms. The second-order valence-electron chi connectivity index (χ2n) is 3.59. The highest BCUT2D eigenvalue weighted by atomic mass is 35.5. The lowest BCUT2D eigenvalue weighted by molar-refractivity contribution is -0.116. The number of ether oxygens (including phenoxy) is 2. The fraction of sp³-hybridized carbons (Fsp3) is 0.417. The molecular weight excluding hydrogens is 275 g/mol. The van der Waals surface area contributed by atoms with Crippen molar-refractivity contribution in [2.75, 3.05) is 33.1 Å². The number of methoxy groups -OCH3 is 2. The summed E-state index contributed by atoms with van der Waals surface area (Å²) in [6, 6.07) is 2.57. The minimum absolute atomic E-state index is 0. The van der Waals surface area contributed by atoms with Gasteiger partial charge in [0.15, 0.2) is 11.6 Å². The quantitative estimate of drug-likeness (QED) is 0.839. The molecule has 5 nitrogen and oxygen atoms in total. The Balaban J connectivity index is 0.00000324. The van der Waals surface area contributed by atoms with Crippen molar-refractivity contribution in [3.8, 4) is 11.5 Å². The Hall–Kier alpha value is -1.53. The van der Waals surface area contributed by atoms with Gasteiger partial charge in [0, 0.05) is 25.1 Å². The third-order valence-corrected chi connectivity index (χ3v) is 2.35. The van der Waals surface area contributed by atoms with E-state index < -0.39 is 5.82 Å². The SMILES string of the molecule is CNCCC(=O)Nc1cc(F)c(OC)cc1OC.Cl. The molecule has 108 valence electrons. The van der Waals surface area contributed by atoms with Crippen LogP contribution in [-0.2, 0) is 4.79 Å². The second-order valence-corrected chi connectivity index (χ2v) is 3.59. The van der Waals surface area contributed by atoms with E-state index in [1.807, 2.05) is 0 Å². The summed E-state index contributed by atoms with van der Waals surface area (Å²) in [5.74, 6) is -0.347. The highest BCUT2D eigenvalue weighted by molar-refractivity contribution is 5.92. The van der Waals surface area contributed by atoms with Crippen LogP contribution in [0.3, 0.4) is 0 Å². The number of hydrogen-bond acceptors (Lipinski definition) is 4. The zero-order chi connectivity index (χ0) is 13.5. The average molecular weight is 293 g/mol. The number of hydrogen-bond donors (Lipinski definition) is 2. The first-order valence-electron chi connectivity index (χ1n) is 5.48. The van der Waals surface area contributed by atoms with E-state index >= 15 is 0 Å². The highest BCUT2D eigenvalue weighted by Crippen LogP contribution is 2.31. The lowest BCUT2D eigenvalue weighted by Crippen LogP contribution is -2.19. The molecule has 0 spiro atoms. The van der Waals surface area contributed by atoms with Gasteiger partial charge in [0.1, 0.15) is 5.75 Å². The Labute approximate surface area is 117 Å². The number of benzene rings is 1. The fourth-order valence-electron chi connectivity index (χ4n) is 1.41. The molecule has 0 atom stereocenters. The Morgan fingerprint density at radius 2 is 1.89 bits per heavy atom. The summed E-state index contributed by atoms with van der Waals surface area (Å²) in [6.07, 6.45) is 0.299. The molecule has 0 aliphatic rings. The molecule has 1 aromatic rings. The lowest BCUT2D eigenvalue weighted by atomic mass is 10.2. The van der Waals surface area contributed by atoms with Crippen molar-refractivity contribution < 1.29 is 18.7 Å². The van der Waals surface area contributed by atoms with Crippen molar-refractivity contribution in [2.45, 2.75) is 6.42 Å². The molecular formula is C12H18ClFN2O3. The Morgan fingerprint density at radius 3 is 2.42 bits per heavy atom. The summed E-state index contributed by atoms with van der Waals surface area (Å²) in [4.78, 5) is 11.5. The highest BCUT2D eigenvalue weighted by Gasteiger charge is 2.13. The average Bonchev–Trinajstić information content (AvgIpc) is 2.36. The molecule has 1 rings (SSSR count). The fourth-order valence-corrected chi connectivity index (χ4v) is 1.41. The molecule has 0 radical (unpaired) electrons. The van der Waals surface area contributed by atoms with E-state index in [0.717, 1.165) is 0 Å². The van der Waals surface area contributed by atoms with Gasteiger partial charge < -0.3 is 20.1 Å². The van der Waals surface area contributed by atoms with Crippen molar-refractivity contribution in [3.63, 3.8) is 0 Å². The van der Waals surface area contributed by atoms with Crippen LogP contribution in [0.4, 0.5) is 10.1 Å². The second kappa shape index (κ2) is 8.55. The van der Waals surface area contributed by atoms with E-state index in [2.05, 4.69) is 10.6 Å². The van der Waals surface area contributed by atoms with Gasteiger partial charge in [-0.15, -0.1) is 12.4 Å². The molecule has 0 heterocycles. The maximum atomic E-state index is 13.5. The van der Waals surface area contributed by atoms with Crippen LogP contribution in [-0.4, -0.2) is 33.7 Å². The van der Waals surface area contributed by atoms with Gasteiger partial charge in [-0.05, 0) is 7.05 Å². The van der Waals surface area contributed by atoms with Gasteiger partial charge in [-0.2, -0.15) is 0 Å². The van der Waals surface area contributed by atoms with E-state index in [1.165, 1.54) is 26.4 Å². The Bertz CT molecular complexity index is 430. The first kappa shape index (κ1) is 17.5. The number of rotatable bonds is 6. The maximum absolute atomic E-state index is 13.5. The third kappa shape index (κ3) is 4.92. The maximum Gasteiger partial charge on any atom is 0.225 e. The first-order valence-corrected chi connectivity index (χ1v) is 5.48. The third-order valence-electron chi connectivity index (χ3n) is 2.35. The van der Waals surface area contributed by atoms with Gasteiger partial charge in [-0.1, -0.05) is 0 Å². The zero-order valence-corrected chi connectivity index (χ0v) is 11.9. The Morgan fingerprint density at radius 1 is 1.26 bits per heavy atom. The molecule has 2 N–H and O–H groups in total. The monoisotopic (exact) mass is 292 g/mol. The minimum Gasteiger partial charge on any atom is -0.494 e. The van der Waals surface area contributed by atoms with Crippen LogP contribution >= 0.6 is 12.4 Å². The molecule has 0 aromatic heterocycles. The van der Waals surface area contributed by atoms with E-state index in [-0.39, 0.29) is 29.8 Å². The van der Waals surface area contributed by atoms with Gasteiger partial charge >= 0.3 is 0 Å². The van der Waals surface area contributed by atoms with Crippen molar-refractivity contribution in [3.05, 3.63) is 17.9 Å². The molecule has 1 amide bonds. The molecule has 1 aromatic carbocycles. The van der Waals surface area contributed by atoms with Gasteiger partial charge in [-0.3, -0.25) is 4.79 Å². The van der Waals surface area contributed by atoms with Crippen molar-refractivity contribution in [1.82, 2.24) is 5.32 Å². The smallest absolute Gasteiger partial charge is 0.225 e. The number of carbonyl (C=O) groups excluding carboxylic acids is 1. The molecule has 0 bridgehead atoms. The molecule has 0 aliphatic heterocycles. The number of nitrogens with one attached hydrogen (secondary N) is 2. The molecule has 0 saturated heterocycles. The van der Waals surface area contributed by atoms with Crippen LogP contribution in [0.5, 0.6) is 11.5 Å². The minimum atomic E-state index is -0.554. The zero-order valence-electron chi connectivity index (χ0n) is 11.1. The topological polar surface area (TPSA) is 59.6 Å². The summed E-state index contributed by atoms with van der Waals surface area (Å²) < 4.78 is 23.4. The standard InChI is InChI=1S/C12H17FN2O3.ClH/c1-14-5-4-12(16)15-9-6-8(13)10(17-2)7-11(9)18-3;/h6-7,14H,4-5H2,1-3H3,(H,15,16);1H. The van der Waals surface area contributed by atoms with Crippen LogP contribution in [0.2, 0.25) is 0 Å². The van der Waals surface area contributed by atoms with Crippen LogP contribution in [0.25, 0.3) is 0 Å². The Kier molecular flexibility index (Phi) is 7.86. The summed E-state index contributed by atoms with van der Waals surface area (Å²) in [5.41, 5.74) is 0.289. The van der Waals surface area contributed by atoms with Crippen molar-refractivity contribution in [2.24, 2.45) is 0 Å². The first-order chi connectivity index (χ1) is 8.62. The van der Waals surface area contributed by atoms with Gasteiger partial charge in [0.25, 0.3) is 0 Å². The van der Waals surface area contributed by atoms with Gasteiger partial charge in [-0.25, -0.2) is 4.39 Å². The molecule has 0 saturated carbocycles. The number of carbonyl (C=O) groups is 1. The normalized spacial score (nSPS) is 9.47. The number of anilines is 1. The molecule has 0 fully saturated rings. The summed E-state index contributed by atoms with van der Waals surface area (Å²) in [5, 5.41) is 5.45. The predicted molar refractivity (Wildman–Crippen MR) is 73.9 cm³/mol. The molecule has 19 heavy (non-hydrogen) atoms. The molecule has 0 aliphatic carbocycles. The van der Waals surface area contributed by atoms with Gasteiger partial charge in [0.2, 0.25) is 5.91 Å². The largest absolute Gasteiger partial charge is 0.494 e. The number of halogens is 2. The van der Waals surface area contributed by atoms with E-state index in [4.69, 9.17) is 9.47 Å². The number of amides is 1.